The molecule has 1 aliphatic carbocycles. The number of likely N-dealkylation sites (tertiary alicyclic amines) is 1. The Hall–Kier alpha value is -2.04. The second kappa shape index (κ2) is 5.25. The monoisotopic (exact) mass is 318 g/mol. The van der Waals surface area contributed by atoms with Gasteiger partial charge in [0.25, 0.3) is 0 Å². The van der Waals surface area contributed by atoms with Crippen LogP contribution in [-0.2, 0) is 4.74 Å². The summed E-state index contributed by atoms with van der Waals surface area (Å²) >= 11 is 0. The van der Waals surface area contributed by atoms with Gasteiger partial charge in [0.05, 0.1) is 0 Å². The fourth-order valence-corrected chi connectivity index (χ4v) is 3.34. The van der Waals surface area contributed by atoms with Crippen molar-refractivity contribution < 1.29 is 13.9 Å². The van der Waals surface area contributed by atoms with Gasteiger partial charge in [-0.05, 0) is 45.7 Å². The number of anilines is 1. The normalized spacial score (nSPS) is 19.1. The molecule has 23 heavy (non-hydrogen) atoms. The van der Waals surface area contributed by atoms with Gasteiger partial charge < -0.3 is 15.4 Å². The van der Waals surface area contributed by atoms with E-state index in [0.29, 0.717) is 11.3 Å². The fraction of sp³-hybridized carbons (Fsp3) is 0.500. The van der Waals surface area contributed by atoms with Crippen LogP contribution >= 0.6 is 0 Å². The Morgan fingerprint density at radius 2 is 2.00 bits per heavy atom. The minimum Gasteiger partial charge on any atom is -0.444 e. The molecule has 1 saturated carbocycles. The summed E-state index contributed by atoms with van der Waals surface area (Å²) in [6.07, 6.45) is 3.48. The number of carbonyl (C=O) groups is 1. The highest BCUT2D eigenvalue weighted by Crippen LogP contribution is 2.52. The number of hydrogen-bond acceptors (Lipinski definition) is 3. The van der Waals surface area contributed by atoms with Gasteiger partial charge in [-0.3, -0.25) is 0 Å². The lowest BCUT2D eigenvalue weighted by Gasteiger charge is -2.56. The lowest BCUT2D eigenvalue weighted by atomic mass is 9.60. The summed E-state index contributed by atoms with van der Waals surface area (Å²) in [4.78, 5) is 13.7. The maximum absolute atomic E-state index is 13.8. The third-order valence-electron chi connectivity index (χ3n) is 4.29. The molecule has 0 radical (unpaired) electrons. The molecule has 1 aromatic carbocycles. The zero-order valence-electron chi connectivity index (χ0n) is 13.9. The Morgan fingerprint density at radius 1 is 1.35 bits per heavy atom. The second-order valence-electron chi connectivity index (χ2n) is 7.77. The van der Waals surface area contributed by atoms with Crippen molar-refractivity contribution in [2.75, 3.05) is 18.8 Å². The van der Waals surface area contributed by atoms with Crippen molar-refractivity contribution in [3.8, 4) is 0 Å². The molecule has 0 aromatic heterocycles. The number of benzene rings is 1. The van der Waals surface area contributed by atoms with E-state index in [1.807, 2.05) is 26.8 Å². The number of rotatable bonds is 1. The number of hydrogen-bond donors (Lipinski definition) is 1. The van der Waals surface area contributed by atoms with Gasteiger partial charge in [-0.25, -0.2) is 9.18 Å². The lowest BCUT2D eigenvalue weighted by Crippen LogP contribution is -2.62. The largest absolute Gasteiger partial charge is 0.444 e. The van der Waals surface area contributed by atoms with Crippen LogP contribution in [0.4, 0.5) is 14.9 Å². The maximum atomic E-state index is 13.8. The van der Waals surface area contributed by atoms with E-state index in [2.05, 4.69) is 0 Å². The molecule has 4 nitrogen and oxygen atoms in total. The van der Waals surface area contributed by atoms with Gasteiger partial charge in [0.2, 0.25) is 0 Å². The number of nitrogen functional groups attached to an aromatic ring is 1. The number of ether oxygens (including phenoxy) is 1. The van der Waals surface area contributed by atoms with E-state index in [9.17, 15) is 9.18 Å². The summed E-state index contributed by atoms with van der Waals surface area (Å²) in [5, 5.41) is 0. The third kappa shape index (κ3) is 3.33. The molecule has 3 rings (SSSR count). The van der Waals surface area contributed by atoms with Crippen LogP contribution in [0.3, 0.4) is 0 Å². The van der Waals surface area contributed by atoms with E-state index in [1.165, 1.54) is 11.6 Å². The molecule has 0 bridgehead atoms. The van der Waals surface area contributed by atoms with E-state index in [0.717, 1.165) is 25.9 Å². The van der Waals surface area contributed by atoms with Crippen molar-refractivity contribution in [2.24, 2.45) is 5.41 Å². The van der Waals surface area contributed by atoms with E-state index in [1.54, 1.807) is 17.0 Å². The van der Waals surface area contributed by atoms with Gasteiger partial charge >= 0.3 is 6.09 Å². The SMILES string of the molecule is CC(C)(C)OC(=O)N1CC2(CC(=Cc3ccc(N)cc3F)C2)C1. The number of carbonyl (C=O) groups excluding carboxylic acids is 1. The van der Waals surface area contributed by atoms with Crippen LogP contribution in [0.15, 0.2) is 23.8 Å². The summed E-state index contributed by atoms with van der Waals surface area (Å²) in [5.41, 5.74) is 7.50. The van der Waals surface area contributed by atoms with Crippen molar-refractivity contribution in [1.82, 2.24) is 4.90 Å². The molecule has 1 aromatic rings. The minimum atomic E-state index is -0.461. The van der Waals surface area contributed by atoms with E-state index < -0.39 is 5.60 Å². The van der Waals surface area contributed by atoms with Crippen molar-refractivity contribution in [1.29, 1.82) is 0 Å². The molecule has 1 heterocycles. The van der Waals surface area contributed by atoms with Crippen molar-refractivity contribution in [3.63, 3.8) is 0 Å². The number of allylic oxidation sites excluding steroid dienone is 1. The first-order valence-corrected chi connectivity index (χ1v) is 7.88. The highest BCUT2D eigenvalue weighted by molar-refractivity contribution is 5.70. The summed E-state index contributed by atoms with van der Waals surface area (Å²) in [6.45, 7) is 7.05. The molecule has 0 unspecified atom stereocenters. The third-order valence-corrected chi connectivity index (χ3v) is 4.29. The quantitative estimate of drug-likeness (QED) is 0.801. The van der Waals surface area contributed by atoms with Crippen molar-refractivity contribution in [2.45, 2.75) is 39.2 Å². The predicted molar refractivity (Wildman–Crippen MR) is 88.3 cm³/mol. The molecule has 5 heteroatoms. The minimum absolute atomic E-state index is 0.174. The highest BCUT2D eigenvalue weighted by Gasteiger charge is 2.52. The smallest absolute Gasteiger partial charge is 0.410 e. The molecule has 2 aliphatic rings. The van der Waals surface area contributed by atoms with Crippen molar-refractivity contribution in [3.05, 3.63) is 35.2 Å². The number of halogens is 1. The average Bonchev–Trinajstić information content (AvgIpc) is 2.30. The second-order valence-corrected chi connectivity index (χ2v) is 7.77. The Bertz CT molecular complexity index is 660. The van der Waals surface area contributed by atoms with Gasteiger partial charge in [0.1, 0.15) is 11.4 Å². The summed E-state index contributed by atoms with van der Waals surface area (Å²) in [5.74, 6) is -0.289. The van der Waals surface area contributed by atoms with Crippen LogP contribution < -0.4 is 5.73 Å². The van der Waals surface area contributed by atoms with Crippen LogP contribution in [0.5, 0.6) is 0 Å². The van der Waals surface area contributed by atoms with Crippen molar-refractivity contribution >= 4 is 17.9 Å². The van der Waals surface area contributed by atoms with Crippen LogP contribution in [0.1, 0.15) is 39.2 Å². The van der Waals surface area contributed by atoms with E-state index in [4.69, 9.17) is 10.5 Å². The molecule has 124 valence electrons. The zero-order valence-corrected chi connectivity index (χ0v) is 13.9. The molecule has 1 spiro atoms. The number of nitrogens with zero attached hydrogens (tertiary/aromatic N) is 1. The molecule has 2 N–H and O–H groups in total. The first kappa shape index (κ1) is 15.8. The van der Waals surface area contributed by atoms with Crippen LogP contribution in [0, 0.1) is 11.2 Å². The van der Waals surface area contributed by atoms with Gasteiger partial charge in [-0.1, -0.05) is 17.7 Å². The highest BCUT2D eigenvalue weighted by atomic mass is 19.1. The lowest BCUT2D eigenvalue weighted by molar-refractivity contribution is -0.0498. The molecular weight excluding hydrogens is 295 g/mol. The fourth-order valence-electron chi connectivity index (χ4n) is 3.34. The van der Waals surface area contributed by atoms with Gasteiger partial charge in [-0.15, -0.1) is 0 Å². The Morgan fingerprint density at radius 3 is 2.57 bits per heavy atom. The summed E-state index contributed by atoms with van der Waals surface area (Å²) < 4.78 is 19.2. The van der Waals surface area contributed by atoms with Gasteiger partial charge in [-0.2, -0.15) is 0 Å². The standard InChI is InChI=1S/C18H23FN2O2/c1-17(2,3)23-16(22)21-10-18(11-21)8-12(9-18)6-13-4-5-14(20)7-15(13)19/h4-7H,8-11,20H2,1-3H3. The van der Waals surface area contributed by atoms with Crippen LogP contribution in [0.25, 0.3) is 6.08 Å². The molecule has 1 aliphatic heterocycles. The van der Waals surface area contributed by atoms with E-state index >= 15 is 0 Å². The number of amides is 1. The molecule has 0 atom stereocenters. The number of nitrogens with two attached hydrogens (primary N) is 1. The molecule has 2 fully saturated rings. The predicted octanol–water partition coefficient (Wildman–Crippen LogP) is 3.82. The van der Waals surface area contributed by atoms with Gasteiger partial charge in [0.15, 0.2) is 0 Å². The zero-order chi connectivity index (χ0) is 16.8. The van der Waals surface area contributed by atoms with Crippen LogP contribution in [0.2, 0.25) is 0 Å². The molecule has 1 amide bonds. The summed E-state index contributed by atoms with van der Waals surface area (Å²) in [7, 11) is 0. The first-order valence-electron chi connectivity index (χ1n) is 7.88. The topological polar surface area (TPSA) is 55.6 Å². The van der Waals surface area contributed by atoms with Gasteiger partial charge in [0, 0.05) is 29.8 Å². The average molecular weight is 318 g/mol. The Balaban J connectivity index is 1.54. The van der Waals surface area contributed by atoms with E-state index in [-0.39, 0.29) is 17.3 Å². The molecule has 1 saturated heterocycles. The first-order chi connectivity index (χ1) is 10.7. The Kier molecular flexibility index (Phi) is 3.62. The molecular formula is C18H23FN2O2. The van der Waals surface area contributed by atoms with Crippen LogP contribution in [-0.4, -0.2) is 29.7 Å². The maximum Gasteiger partial charge on any atom is 0.410 e. The Labute approximate surface area is 136 Å². The summed E-state index contributed by atoms with van der Waals surface area (Å²) in [6, 6.07) is 4.75.